The highest BCUT2D eigenvalue weighted by atomic mass is 35.5. The van der Waals surface area contributed by atoms with Crippen molar-refractivity contribution in [3.63, 3.8) is 0 Å². The second kappa shape index (κ2) is 13.1. The van der Waals surface area contributed by atoms with Gasteiger partial charge in [0, 0.05) is 33.8 Å². The van der Waals surface area contributed by atoms with Crippen LogP contribution in [-0.2, 0) is 34.1 Å². The summed E-state index contributed by atoms with van der Waals surface area (Å²) in [4.78, 5) is 0. The molecule has 35 heavy (non-hydrogen) atoms. The zero-order valence-electron chi connectivity index (χ0n) is 22.1. The van der Waals surface area contributed by atoms with Crippen LogP contribution < -0.4 is 9.47 Å². The molecule has 0 radical (unpaired) electrons. The van der Waals surface area contributed by atoms with E-state index < -0.39 is 0 Å². The van der Waals surface area contributed by atoms with Crippen molar-refractivity contribution in [2.24, 2.45) is 0 Å². The van der Waals surface area contributed by atoms with E-state index >= 15 is 0 Å². The van der Waals surface area contributed by atoms with Crippen molar-refractivity contribution in [1.29, 1.82) is 0 Å². The zero-order valence-corrected chi connectivity index (χ0v) is 24.4. The predicted molar refractivity (Wildman–Crippen MR) is 156 cm³/mol. The third-order valence-electron chi connectivity index (χ3n) is 5.71. The molecule has 0 unspecified atom stereocenters. The predicted octanol–water partition coefficient (Wildman–Crippen LogP) is 9.32. The second-order valence-electron chi connectivity index (χ2n) is 10.7. The van der Waals surface area contributed by atoms with Crippen LogP contribution in [-0.4, -0.2) is 13.2 Å². The fourth-order valence-corrected chi connectivity index (χ4v) is 5.08. The average Bonchev–Trinajstić information content (AvgIpc) is 2.79. The Balaban J connectivity index is 2.44. The minimum atomic E-state index is 0.0131. The van der Waals surface area contributed by atoms with Gasteiger partial charge in [-0.15, -0.1) is 23.2 Å². The first-order chi connectivity index (χ1) is 16.5. The molecule has 0 amide bonds. The van der Waals surface area contributed by atoms with Crippen molar-refractivity contribution >= 4 is 35.0 Å². The molecular formula is C30H40Cl2O2S. The molecule has 0 N–H and O–H groups in total. The second-order valence-corrected chi connectivity index (χ2v) is 12.2. The number of hydrogen-bond acceptors (Lipinski definition) is 3. The Hall–Kier alpha value is -1.55. The summed E-state index contributed by atoms with van der Waals surface area (Å²) >= 11 is 14.5. The Labute approximate surface area is 227 Å². The minimum Gasteiger partial charge on any atom is -0.489 e. The lowest BCUT2D eigenvalue weighted by Gasteiger charge is -2.24. The molecule has 0 saturated heterocycles. The molecule has 2 aromatic rings. The van der Waals surface area contributed by atoms with E-state index in [9.17, 15) is 0 Å². The lowest BCUT2D eigenvalue weighted by molar-refractivity contribution is 0.356. The van der Waals surface area contributed by atoms with Crippen LogP contribution in [0, 0.1) is 0 Å². The third kappa shape index (κ3) is 8.23. The summed E-state index contributed by atoms with van der Waals surface area (Å²) in [6.45, 7) is 21.8. The molecule has 0 spiro atoms. The number of alkyl halides is 2. The summed E-state index contributed by atoms with van der Waals surface area (Å²) in [5.74, 6) is 4.12. The molecule has 2 rings (SSSR count). The van der Waals surface area contributed by atoms with Gasteiger partial charge in [-0.25, -0.2) is 0 Å². The average molecular weight is 536 g/mol. The van der Waals surface area contributed by atoms with E-state index in [2.05, 4.69) is 79.0 Å². The topological polar surface area (TPSA) is 18.5 Å². The first kappa shape index (κ1) is 29.7. The zero-order chi connectivity index (χ0) is 26.2. The van der Waals surface area contributed by atoms with Gasteiger partial charge in [-0.05, 0) is 22.0 Å². The van der Waals surface area contributed by atoms with Gasteiger partial charge in [0.05, 0.1) is 11.8 Å². The minimum absolute atomic E-state index is 0.0131. The molecule has 0 aromatic heterocycles. The fourth-order valence-electron chi connectivity index (χ4n) is 3.71. The first-order valence-corrected chi connectivity index (χ1v) is 14.2. The number of thioether (sulfide) groups is 1. The molecule has 192 valence electrons. The van der Waals surface area contributed by atoms with Gasteiger partial charge in [-0.1, -0.05) is 91.1 Å². The van der Waals surface area contributed by atoms with Crippen molar-refractivity contribution in [2.75, 3.05) is 13.2 Å². The molecule has 0 saturated carbocycles. The van der Waals surface area contributed by atoms with E-state index in [0.29, 0.717) is 25.0 Å². The van der Waals surface area contributed by atoms with Gasteiger partial charge in [0.2, 0.25) is 0 Å². The largest absolute Gasteiger partial charge is 0.489 e. The highest BCUT2D eigenvalue weighted by molar-refractivity contribution is 7.97. The highest BCUT2D eigenvalue weighted by Crippen LogP contribution is 2.38. The van der Waals surface area contributed by atoms with Crippen LogP contribution in [0.3, 0.4) is 0 Å². The fraction of sp³-hybridized carbons (Fsp3) is 0.467. The van der Waals surface area contributed by atoms with E-state index in [0.717, 1.165) is 45.3 Å². The normalized spacial score (nSPS) is 11.9. The number of rotatable bonds is 12. The lowest BCUT2D eigenvalue weighted by Crippen LogP contribution is -2.14. The maximum Gasteiger partial charge on any atom is 0.128 e. The Morgan fingerprint density at radius 2 is 1.03 bits per heavy atom. The summed E-state index contributed by atoms with van der Waals surface area (Å²) in [6.07, 6.45) is 3.53. The molecule has 0 aliphatic rings. The van der Waals surface area contributed by atoms with Gasteiger partial charge in [-0.3, -0.25) is 0 Å². The first-order valence-electron chi connectivity index (χ1n) is 12.0. The molecule has 0 fully saturated rings. The summed E-state index contributed by atoms with van der Waals surface area (Å²) in [7, 11) is 0. The monoisotopic (exact) mass is 534 g/mol. The molecule has 0 aliphatic heterocycles. The van der Waals surface area contributed by atoms with Gasteiger partial charge in [0.1, 0.15) is 24.7 Å². The molecule has 2 aromatic carbocycles. The molecule has 2 nitrogen and oxygen atoms in total. The maximum atomic E-state index is 6.35. The van der Waals surface area contributed by atoms with E-state index in [1.807, 2.05) is 11.8 Å². The van der Waals surface area contributed by atoms with Crippen LogP contribution in [0.1, 0.15) is 74.9 Å². The van der Waals surface area contributed by atoms with Crippen LogP contribution in [0.4, 0.5) is 0 Å². The smallest absolute Gasteiger partial charge is 0.128 e. The summed E-state index contributed by atoms with van der Waals surface area (Å²) < 4.78 is 12.2. The van der Waals surface area contributed by atoms with Crippen molar-refractivity contribution in [3.05, 3.63) is 83.0 Å². The van der Waals surface area contributed by atoms with Gasteiger partial charge < -0.3 is 9.47 Å². The Bertz CT molecular complexity index is 935. The quantitative estimate of drug-likeness (QED) is 0.199. The molecule has 0 heterocycles. The maximum absolute atomic E-state index is 6.35. The van der Waals surface area contributed by atoms with Crippen molar-refractivity contribution < 1.29 is 9.47 Å². The van der Waals surface area contributed by atoms with Gasteiger partial charge in [0.15, 0.2) is 0 Å². The van der Waals surface area contributed by atoms with Gasteiger partial charge in [0.25, 0.3) is 0 Å². The highest BCUT2D eigenvalue weighted by Gasteiger charge is 2.22. The summed E-state index contributed by atoms with van der Waals surface area (Å²) in [5.41, 5.74) is 6.87. The Morgan fingerprint density at radius 1 is 0.686 bits per heavy atom. The van der Waals surface area contributed by atoms with Crippen LogP contribution in [0.25, 0.3) is 0 Å². The van der Waals surface area contributed by atoms with E-state index in [4.69, 9.17) is 32.7 Å². The van der Waals surface area contributed by atoms with Crippen molar-refractivity contribution in [1.82, 2.24) is 0 Å². The molecule has 0 atom stereocenters. The molecule has 0 aliphatic carbocycles. The third-order valence-corrected chi connectivity index (χ3v) is 7.32. The van der Waals surface area contributed by atoms with Crippen LogP contribution in [0.15, 0.2) is 49.6 Å². The van der Waals surface area contributed by atoms with Crippen LogP contribution in [0.2, 0.25) is 0 Å². The van der Waals surface area contributed by atoms with Crippen molar-refractivity contribution in [2.45, 2.75) is 75.6 Å². The Morgan fingerprint density at radius 3 is 1.31 bits per heavy atom. The van der Waals surface area contributed by atoms with Gasteiger partial charge in [-0.2, -0.15) is 11.8 Å². The number of benzene rings is 2. The van der Waals surface area contributed by atoms with Crippen LogP contribution >= 0.6 is 35.0 Å². The Kier molecular flexibility index (Phi) is 11.1. The van der Waals surface area contributed by atoms with Crippen LogP contribution in [0.5, 0.6) is 11.5 Å². The van der Waals surface area contributed by atoms with E-state index in [-0.39, 0.29) is 10.8 Å². The molecule has 0 bridgehead atoms. The molecule has 5 heteroatoms. The standard InChI is InChI=1S/C30H40Cl2O2S/c1-9-11-33-27-21(17-31)13-25(29(3,4)5)15-23(27)19-35-20-24-16-26(30(6,7)8)14-22(18-32)28(24)34-12-10-2/h9-10,13-16H,1-2,11-12,17-20H2,3-8H3. The number of ether oxygens (including phenoxy) is 2. The van der Waals surface area contributed by atoms with Gasteiger partial charge >= 0.3 is 0 Å². The summed E-state index contributed by atoms with van der Waals surface area (Å²) in [5, 5.41) is 0. The van der Waals surface area contributed by atoms with E-state index in [1.165, 1.54) is 11.1 Å². The van der Waals surface area contributed by atoms with Crippen molar-refractivity contribution in [3.8, 4) is 11.5 Å². The number of hydrogen-bond donors (Lipinski definition) is 0. The lowest BCUT2D eigenvalue weighted by atomic mass is 9.85. The molecular weight excluding hydrogens is 495 g/mol. The summed E-state index contributed by atoms with van der Waals surface area (Å²) in [6, 6.07) is 8.85. The SMILES string of the molecule is C=CCOc1c(CCl)cc(C(C)(C)C)cc1CSCc1cc(C(C)(C)C)cc(CCl)c1OCC=C. The van der Waals surface area contributed by atoms with E-state index in [1.54, 1.807) is 12.2 Å². The number of halogens is 2.